The molecule has 63 heavy (non-hydrogen) atoms. The summed E-state index contributed by atoms with van der Waals surface area (Å²) in [5, 5.41) is 4.91. The van der Waals surface area contributed by atoms with Crippen LogP contribution in [0.5, 0.6) is 0 Å². The topological polar surface area (TPSA) is 3.24 Å². The third-order valence-electron chi connectivity index (χ3n) is 12.3. The Labute approximate surface area is 369 Å². The molecular formula is C62H43N. The Balaban J connectivity index is 1.24. The van der Waals surface area contributed by atoms with E-state index in [0.29, 0.717) is 0 Å². The van der Waals surface area contributed by atoms with Crippen LogP contribution in [0.2, 0.25) is 0 Å². The monoisotopic (exact) mass is 801 g/mol. The highest BCUT2D eigenvalue weighted by atomic mass is 15.1. The summed E-state index contributed by atoms with van der Waals surface area (Å²) in [6.45, 7) is 0. The fourth-order valence-corrected chi connectivity index (χ4v) is 9.34. The van der Waals surface area contributed by atoms with Gasteiger partial charge in [-0.3, -0.25) is 0 Å². The van der Waals surface area contributed by atoms with Crippen LogP contribution in [-0.2, 0) is 0 Å². The van der Waals surface area contributed by atoms with Crippen LogP contribution in [0.3, 0.4) is 0 Å². The number of rotatable bonds is 9. The van der Waals surface area contributed by atoms with Crippen molar-refractivity contribution in [2.45, 2.75) is 0 Å². The lowest BCUT2D eigenvalue weighted by molar-refractivity contribution is 1.28. The number of anilines is 3. The molecule has 1 heteroatoms. The van der Waals surface area contributed by atoms with Crippen LogP contribution in [0.15, 0.2) is 261 Å². The van der Waals surface area contributed by atoms with Gasteiger partial charge in [-0.1, -0.05) is 224 Å². The molecule has 11 aromatic carbocycles. The van der Waals surface area contributed by atoms with Gasteiger partial charge in [0.15, 0.2) is 0 Å². The zero-order chi connectivity index (χ0) is 42.0. The standard InChI is InChI=1S/C62H43N/c1-5-20-44(21-6-1)45-36-38-50(39-37-45)63(51-40-41-54(47-24-9-3-10-25-47)59(43-51)48-26-11-4-12-27-48)61-35-19-34-58(56-32-16-15-29-52(56)46-22-7-2-8-23-46)62(61)60-42-49-28-13-14-30-53(49)55-31-17-18-33-57(55)60/h1-43H. The maximum atomic E-state index is 2.48. The lowest BCUT2D eigenvalue weighted by atomic mass is 9.85. The Morgan fingerprint density at radius 3 is 1.33 bits per heavy atom. The molecule has 0 unspecified atom stereocenters. The molecule has 1 nitrogen and oxygen atoms in total. The summed E-state index contributed by atoms with van der Waals surface area (Å²) in [5.74, 6) is 0. The van der Waals surface area contributed by atoms with Gasteiger partial charge in [0, 0.05) is 16.9 Å². The molecule has 0 saturated heterocycles. The van der Waals surface area contributed by atoms with Crippen LogP contribution in [-0.4, -0.2) is 0 Å². The molecule has 0 bridgehead atoms. The number of fused-ring (bicyclic) bond motifs is 3. The second-order valence-electron chi connectivity index (χ2n) is 16.0. The van der Waals surface area contributed by atoms with Gasteiger partial charge in [0.05, 0.1) is 5.69 Å². The van der Waals surface area contributed by atoms with E-state index in [0.717, 1.165) is 17.1 Å². The minimum absolute atomic E-state index is 1.07. The van der Waals surface area contributed by atoms with E-state index in [2.05, 4.69) is 266 Å². The summed E-state index contributed by atoms with van der Waals surface area (Å²) in [4.78, 5) is 2.48. The fraction of sp³-hybridized carbons (Fsp3) is 0. The van der Waals surface area contributed by atoms with Crippen molar-refractivity contribution in [2.75, 3.05) is 4.90 Å². The van der Waals surface area contributed by atoms with E-state index >= 15 is 0 Å². The van der Waals surface area contributed by atoms with Crippen molar-refractivity contribution < 1.29 is 0 Å². The zero-order valence-electron chi connectivity index (χ0n) is 34.8. The fourth-order valence-electron chi connectivity index (χ4n) is 9.34. The predicted molar refractivity (Wildman–Crippen MR) is 269 cm³/mol. The highest BCUT2D eigenvalue weighted by Gasteiger charge is 2.25. The third kappa shape index (κ3) is 7.16. The van der Waals surface area contributed by atoms with Gasteiger partial charge < -0.3 is 4.90 Å². The van der Waals surface area contributed by atoms with E-state index in [9.17, 15) is 0 Å². The summed E-state index contributed by atoms with van der Waals surface area (Å²) in [7, 11) is 0. The van der Waals surface area contributed by atoms with Gasteiger partial charge in [0.25, 0.3) is 0 Å². The lowest BCUT2D eigenvalue weighted by Gasteiger charge is -2.31. The van der Waals surface area contributed by atoms with Crippen molar-refractivity contribution in [3.05, 3.63) is 261 Å². The summed E-state index contributed by atoms with van der Waals surface area (Å²) in [5.41, 5.74) is 17.4. The Hall–Kier alpha value is -8.26. The molecule has 0 aliphatic heterocycles. The van der Waals surface area contributed by atoms with Crippen molar-refractivity contribution in [2.24, 2.45) is 0 Å². The first-order valence-electron chi connectivity index (χ1n) is 21.7. The van der Waals surface area contributed by atoms with Crippen LogP contribution >= 0.6 is 0 Å². The van der Waals surface area contributed by atoms with E-state index in [4.69, 9.17) is 0 Å². The molecule has 0 spiro atoms. The van der Waals surface area contributed by atoms with E-state index < -0.39 is 0 Å². The van der Waals surface area contributed by atoms with Crippen LogP contribution in [0, 0.1) is 0 Å². The summed E-state index contributed by atoms with van der Waals surface area (Å²) >= 11 is 0. The Bertz CT molecular complexity index is 3360. The van der Waals surface area contributed by atoms with Gasteiger partial charge in [-0.15, -0.1) is 0 Å². The molecule has 0 aromatic heterocycles. The average molecular weight is 802 g/mol. The molecule has 0 aliphatic rings. The summed E-state index contributed by atoms with van der Waals surface area (Å²) in [6, 6.07) is 94.9. The highest BCUT2D eigenvalue weighted by molar-refractivity contribution is 6.17. The molecule has 0 aliphatic carbocycles. The van der Waals surface area contributed by atoms with Crippen LogP contribution in [0.25, 0.3) is 88.3 Å². The minimum atomic E-state index is 1.07. The number of hydrogen-bond donors (Lipinski definition) is 0. The number of hydrogen-bond acceptors (Lipinski definition) is 1. The lowest BCUT2D eigenvalue weighted by Crippen LogP contribution is -2.12. The normalized spacial score (nSPS) is 11.2. The maximum Gasteiger partial charge on any atom is 0.0546 e. The van der Waals surface area contributed by atoms with Crippen molar-refractivity contribution >= 4 is 38.6 Å². The van der Waals surface area contributed by atoms with Gasteiger partial charge in [-0.25, -0.2) is 0 Å². The Morgan fingerprint density at radius 1 is 0.222 bits per heavy atom. The zero-order valence-corrected chi connectivity index (χ0v) is 34.8. The molecule has 0 heterocycles. The van der Waals surface area contributed by atoms with Crippen molar-refractivity contribution in [1.29, 1.82) is 0 Å². The molecule has 296 valence electrons. The predicted octanol–water partition coefficient (Wildman–Crippen LogP) is 17.5. The van der Waals surface area contributed by atoms with Crippen molar-refractivity contribution in [3.8, 4) is 66.8 Å². The van der Waals surface area contributed by atoms with Crippen molar-refractivity contribution in [3.63, 3.8) is 0 Å². The van der Waals surface area contributed by atoms with Gasteiger partial charge in [-0.05, 0) is 119 Å². The minimum Gasteiger partial charge on any atom is -0.310 e. The third-order valence-corrected chi connectivity index (χ3v) is 12.3. The molecule has 0 N–H and O–H groups in total. The molecular weight excluding hydrogens is 759 g/mol. The van der Waals surface area contributed by atoms with E-state index in [1.807, 2.05) is 0 Å². The second kappa shape index (κ2) is 16.7. The molecule has 11 rings (SSSR count). The first kappa shape index (κ1) is 37.7. The highest BCUT2D eigenvalue weighted by Crippen LogP contribution is 2.50. The van der Waals surface area contributed by atoms with Crippen LogP contribution in [0.4, 0.5) is 17.1 Å². The van der Waals surface area contributed by atoms with Crippen LogP contribution < -0.4 is 4.90 Å². The van der Waals surface area contributed by atoms with Gasteiger partial charge in [0.1, 0.15) is 0 Å². The van der Waals surface area contributed by atoms with Crippen LogP contribution in [0.1, 0.15) is 0 Å². The molecule has 0 fully saturated rings. The molecule has 0 saturated carbocycles. The van der Waals surface area contributed by atoms with Gasteiger partial charge in [-0.2, -0.15) is 0 Å². The number of nitrogens with zero attached hydrogens (tertiary/aromatic N) is 1. The average Bonchev–Trinajstić information content (AvgIpc) is 3.37. The van der Waals surface area contributed by atoms with Gasteiger partial charge >= 0.3 is 0 Å². The summed E-state index contributed by atoms with van der Waals surface area (Å²) < 4.78 is 0. The SMILES string of the molecule is c1ccc(-c2ccc(N(c3ccc(-c4ccccc4)c(-c4ccccc4)c3)c3cccc(-c4ccccc4-c4ccccc4)c3-c3cc4ccccc4c4ccccc34)cc2)cc1. The first-order valence-corrected chi connectivity index (χ1v) is 21.7. The number of benzene rings is 11. The van der Waals surface area contributed by atoms with Crippen molar-refractivity contribution in [1.82, 2.24) is 0 Å². The van der Waals surface area contributed by atoms with E-state index in [-0.39, 0.29) is 0 Å². The second-order valence-corrected chi connectivity index (χ2v) is 16.0. The molecule has 0 atom stereocenters. The molecule has 11 aromatic rings. The molecule has 0 radical (unpaired) electrons. The Morgan fingerprint density at radius 2 is 0.683 bits per heavy atom. The Kier molecular flexibility index (Phi) is 9.97. The van der Waals surface area contributed by atoms with E-state index in [1.165, 1.54) is 88.3 Å². The quantitative estimate of drug-likeness (QED) is 0.131. The largest absolute Gasteiger partial charge is 0.310 e. The summed E-state index contributed by atoms with van der Waals surface area (Å²) in [6.07, 6.45) is 0. The maximum absolute atomic E-state index is 2.48. The first-order chi connectivity index (χ1) is 31.3. The molecule has 0 amide bonds. The smallest absolute Gasteiger partial charge is 0.0546 e. The van der Waals surface area contributed by atoms with E-state index in [1.54, 1.807) is 0 Å². The van der Waals surface area contributed by atoms with Gasteiger partial charge in [0.2, 0.25) is 0 Å².